The Bertz CT molecular complexity index is 1020. The van der Waals surface area contributed by atoms with Crippen LogP contribution in [0.25, 0.3) is 0 Å². The molecule has 13 nitrogen and oxygen atoms in total. The first-order valence-corrected chi connectivity index (χ1v) is 24.3. The molecule has 0 bridgehead atoms. The van der Waals surface area contributed by atoms with E-state index in [1.54, 1.807) is 0 Å². The molecule has 14 heteroatoms. The Balaban J connectivity index is 2.45. The fourth-order valence-corrected chi connectivity index (χ4v) is 8.20. The van der Waals surface area contributed by atoms with Crippen molar-refractivity contribution in [2.75, 3.05) is 13.2 Å². The molecular formula is C43H83O13P. The Morgan fingerprint density at radius 1 is 0.474 bits per heavy atom. The third-order valence-corrected chi connectivity index (χ3v) is 11.9. The molecule has 0 aromatic heterocycles. The minimum atomic E-state index is -5.11. The maximum atomic E-state index is 12.8. The number of aliphatic hydroxyl groups excluding tert-OH is 5. The van der Waals surface area contributed by atoms with Crippen molar-refractivity contribution in [3.8, 4) is 0 Å². The van der Waals surface area contributed by atoms with Gasteiger partial charge in [-0.3, -0.25) is 18.6 Å². The van der Waals surface area contributed by atoms with Gasteiger partial charge in [0, 0.05) is 12.8 Å². The summed E-state index contributed by atoms with van der Waals surface area (Å²) in [5.41, 5.74) is 0. The van der Waals surface area contributed by atoms with Gasteiger partial charge < -0.3 is 39.9 Å². The van der Waals surface area contributed by atoms with Gasteiger partial charge >= 0.3 is 19.8 Å². The minimum Gasteiger partial charge on any atom is -0.462 e. The molecule has 0 amide bonds. The van der Waals surface area contributed by atoms with Gasteiger partial charge in [0.25, 0.3) is 0 Å². The van der Waals surface area contributed by atoms with E-state index in [2.05, 4.69) is 13.8 Å². The van der Waals surface area contributed by atoms with Crippen molar-refractivity contribution in [2.45, 2.75) is 249 Å². The summed E-state index contributed by atoms with van der Waals surface area (Å²) < 4.78 is 33.5. The molecule has 0 heterocycles. The largest absolute Gasteiger partial charge is 0.472 e. The zero-order valence-electron chi connectivity index (χ0n) is 35.7. The van der Waals surface area contributed by atoms with Gasteiger partial charge in [-0.15, -0.1) is 0 Å². The molecule has 0 aliphatic heterocycles. The lowest BCUT2D eigenvalue weighted by atomic mass is 9.85. The van der Waals surface area contributed by atoms with Gasteiger partial charge in [-0.05, 0) is 12.8 Å². The Morgan fingerprint density at radius 3 is 1.16 bits per heavy atom. The molecule has 6 atom stereocenters. The molecule has 0 radical (unpaired) electrons. The Hall–Kier alpha value is -1.15. The van der Waals surface area contributed by atoms with Gasteiger partial charge in [0.1, 0.15) is 43.2 Å². The molecule has 1 aliphatic rings. The van der Waals surface area contributed by atoms with Crippen molar-refractivity contribution < 1.29 is 63.1 Å². The number of phosphoric acid groups is 1. The number of phosphoric ester groups is 1. The van der Waals surface area contributed by atoms with E-state index in [0.29, 0.717) is 12.8 Å². The normalized spacial score (nSPS) is 22.6. The summed E-state index contributed by atoms with van der Waals surface area (Å²) in [5.74, 6) is -1.09. The van der Waals surface area contributed by atoms with E-state index in [1.807, 2.05) is 0 Å². The van der Waals surface area contributed by atoms with Crippen molar-refractivity contribution >= 4 is 19.8 Å². The molecule has 1 aliphatic carbocycles. The molecule has 6 N–H and O–H groups in total. The molecule has 0 aromatic carbocycles. The van der Waals surface area contributed by atoms with E-state index >= 15 is 0 Å². The summed E-state index contributed by atoms with van der Waals surface area (Å²) in [4.78, 5) is 35.6. The molecule has 0 aromatic rings. The highest BCUT2D eigenvalue weighted by Gasteiger charge is 2.51. The predicted octanol–water partition coefficient (Wildman–Crippen LogP) is 8.50. The van der Waals surface area contributed by atoms with Crippen molar-refractivity contribution in [3.63, 3.8) is 0 Å². The third-order valence-electron chi connectivity index (χ3n) is 10.9. The lowest BCUT2D eigenvalue weighted by molar-refractivity contribution is -0.220. The van der Waals surface area contributed by atoms with Crippen LogP contribution in [0.1, 0.15) is 206 Å². The van der Waals surface area contributed by atoms with Gasteiger partial charge in [-0.25, -0.2) is 4.57 Å². The SMILES string of the molecule is CCCCCCCCCCCCCCCCC(=O)OC[C@H](COP(=O)(O)OC1C(O)C(O)C(O)C(O)C1O)OC(=O)CCCCCCCCCCCCCCCC. The second kappa shape index (κ2) is 34.6. The first-order valence-electron chi connectivity index (χ1n) is 22.8. The van der Waals surface area contributed by atoms with Gasteiger partial charge in [-0.1, -0.05) is 181 Å². The van der Waals surface area contributed by atoms with Crippen LogP contribution >= 0.6 is 7.82 Å². The molecule has 5 unspecified atom stereocenters. The average molecular weight is 839 g/mol. The number of unbranched alkanes of at least 4 members (excludes halogenated alkanes) is 26. The second-order valence-electron chi connectivity index (χ2n) is 16.3. The predicted molar refractivity (Wildman–Crippen MR) is 221 cm³/mol. The molecular weight excluding hydrogens is 755 g/mol. The van der Waals surface area contributed by atoms with Crippen molar-refractivity contribution in [2.24, 2.45) is 0 Å². The second-order valence-corrected chi connectivity index (χ2v) is 17.7. The third kappa shape index (κ3) is 27.3. The van der Waals surface area contributed by atoms with Crippen LogP contribution < -0.4 is 0 Å². The molecule has 338 valence electrons. The number of hydrogen-bond donors (Lipinski definition) is 6. The number of hydrogen-bond acceptors (Lipinski definition) is 12. The minimum absolute atomic E-state index is 0.105. The number of ether oxygens (including phenoxy) is 2. The first kappa shape index (κ1) is 53.9. The summed E-state index contributed by atoms with van der Waals surface area (Å²) in [6.45, 7) is 3.31. The zero-order chi connectivity index (χ0) is 42.2. The van der Waals surface area contributed by atoms with E-state index in [9.17, 15) is 44.6 Å². The summed E-state index contributed by atoms with van der Waals surface area (Å²) in [5, 5.41) is 50.1. The summed E-state index contributed by atoms with van der Waals surface area (Å²) in [6, 6.07) is 0. The lowest BCUT2D eigenvalue weighted by Gasteiger charge is -2.41. The number of esters is 2. The smallest absolute Gasteiger partial charge is 0.462 e. The van der Waals surface area contributed by atoms with E-state index in [1.165, 1.54) is 128 Å². The van der Waals surface area contributed by atoms with Gasteiger partial charge in [-0.2, -0.15) is 0 Å². The first-order chi connectivity index (χ1) is 27.4. The fraction of sp³-hybridized carbons (Fsp3) is 0.953. The van der Waals surface area contributed by atoms with Crippen molar-refractivity contribution in [3.05, 3.63) is 0 Å². The van der Waals surface area contributed by atoms with Crippen LogP contribution in [-0.2, 0) is 32.7 Å². The number of carbonyl (C=O) groups is 2. The molecule has 1 rings (SSSR count). The van der Waals surface area contributed by atoms with E-state index < -0.39 is 75.7 Å². The van der Waals surface area contributed by atoms with Crippen LogP contribution in [-0.4, -0.2) is 98.3 Å². The van der Waals surface area contributed by atoms with E-state index in [-0.39, 0.29) is 12.8 Å². The van der Waals surface area contributed by atoms with E-state index in [0.717, 1.165) is 38.5 Å². The highest BCUT2D eigenvalue weighted by Crippen LogP contribution is 2.47. The Labute approximate surface area is 344 Å². The summed E-state index contributed by atoms with van der Waals surface area (Å²) in [7, 11) is -5.11. The van der Waals surface area contributed by atoms with Gasteiger partial charge in [0.15, 0.2) is 6.10 Å². The molecule has 0 spiro atoms. The Kier molecular flexibility index (Phi) is 32.7. The highest BCUT2D eigenvalue weighted by molar-refractivity contribution is 7.47. The van der Waals surface area contributed by atoms with Gasteiger partial charge in [0.05, 0.1) is 6.61 Å². The molecule has 1 fully saturated rings. The standard InChI is InChI=1S/C43H83O13P/c1-3-5-7-9-11-13-15-17-19-21-23-25-27-29-31-36(44)53-33-35(34-54-57(51,52)56-43-41(49)39(47)38(46)40(48)42(43)50)55-37(45)32-30-28-26-24-22-20-18-16-14-12-10-8-6-4-2/h35,38-43,46-50H,3-34H2,1-2H3,(H,51,52)/t35-,38?,39?,40?,41?,42?,43?/m1/s1. The van der Waals surface area contributed by atoms with E-state index in [4.69, 9.17) is 18.5 Å². The van der Waals surface area contributed by atoms with Gasteiger partial charge in [0.2, 0.25) is 0 Å². The lowest BCUT2D eigenvalue weighted by Crippen LogP contribution is -2.64. The summed E-state index contributed by atoms with van der Waals surface area (Å²) >= 11 is 0. The van der Waals surface area contributed by atoms with Crippen molar-refractivity contribution in [1.82, 2.24) is 0 Å². The maximum absolute atomic E-state index is 12.8. The van der Waals surface area contributed by atoms with Crippen LogP contribution in [0, 0.1) is 0 Å². The van der Waals surface area contributed by atoms with Crippen LogP contribution in [0.2, 0.25) is 0 Å². The van der Waals surface area contributed by atoms with Crippen LogP contribution in [0.3, 0.4) is 0 Å². The van der Waals surface area contributed by atoms with Crippen LogP contribution in [0.5, 0.6) is 0 Å². The maximum Gasteiger partial charge on any atom is 0.472 e. The quantitative estimate of drug-likeness (QED) is 0.0196. The van der Waals surface area contributed by atoms with Crippen molar-refractivity contribution in [1.29, 1.82) is 0 Å². The van der Waals surface area contributed by atoms with Crippen LogP contribution in [0.15, 0.2) is 0 Å². The number of aliphatic hydroxyl groups is 5. The number of carbonyl (C=O) groups excluding carboxylic acids is 2. The fourth-order valence-electron chi connectivity index (χ4n) is 7.23. The molecule has 57 heavy (non-hydrogen) atoms. The zero-order valence-corrected chi connectivity index (χ0v) is 36.6. The average Bonchev–Trinajstić information content (AvgIpc) is 3.19. The molecule has 1 saturated carbocycles. The number of rotatable bonds is 38. The molecule has 0 saturated heterocycles. The summed E-state index contributed by atoms with van der Waals surface area (Å²) in [6.07, 6.45) is 20.1. The topological polar surface area (TPSA) is 210 Å². The Morgan fingerprint density at radius 2 is 0.789 bits per heavy atom. The van der Waals surface area contributed by atoms with Crippen LogP contribution in [0.4, 0.5) is 0 Å². The highest BCUT2D eigenvalue weighted by atomic mass is 31.2. The monoisotopic (exact) mass is 839 g/mol.